The smallest absolute Gasteiger partial charge is 0.274 e. The number of hydrogen-bond donors (Lipinski definition) is 2. The summed E-state index contributed by atoms with van der Waals surface area (Å²) in [5, 5.41) is 3.23. The van der Waals surface area contributed by atoms with Crippen LogP contribution in [0.2, 0.25) is 0 Å². The fourth-order valence-electron chi connectivity index (χ4n) is 5.58. The highest BCUT2D eigenvalue weighted by molar-refractivity contribution is 7.28. The van der Waals surface area contributed by atoms with Crippen LogP contribution in [0.25, 0.3) is 11.3 Å². The zero-order valence-electron chi connectivity index (χ0n) is 22.4. The van der Waals surface area contributed by atoms with Crippen LogP contribution in [0.4, 0.5) is 14.5 Å². The van der Waals surface area contributed by atoms with Gasteiger partial charge in [-0.25, -0.2) is 13.8 Å². The number of hydrogen-bond acceptors (Lipinski definition) is 6. The first-order valence-corrected chi connectivity index (χ1v) is 13.7. The molecular weight excluding hydrogens is 521 g/mol. The van der Waals surface area contributed by atoms with Gasteiger partial charge in [-0.1, -0.05) is 20.3 Å². The van der Waals surface area contributed by atoms with Gasteiger partial charge in [0.15, 0.2) is 0 Å². The van der Waals surface area contributed by atoms with Gasteiger partial charge in [0.05, 0.1) is 18.5 Å². The first-order chi connectivity index (χ1) is 18.7. The molecule has 1 amide bonds. The maximum Gasteiger partial charge on any atom is 0.274 e. The normalized spacial score (nSPS) is 21.0. The number of rotatable bonds is 9. The molecule has 0 aliphatic heterocycles. The second-order valence-electron chi connectivity index (χ2n) is 10.0. The molecule has 1 saturated carbocycles. The third-order valence-electron chi connectivity index (χ3n) is 7.47. The molecule has 0 saturated heterocycles. The molecule has 10 heteroatoms. The van der Waals surface area contributed by atoms with Crippen LogP contribution < -0.4 is 21.1 Å². The van der Waals surface area contributed by atoms with Gasteiger partial charge in [0, 0.05) is 31.0 Å². The average molecular weight is 557 g/mol. The van der Waals surface area contributed by atoms with E-state index >= 15 is 4.39 Å². The first-order valence-electron chi connectivity index (χ1n) is 13.1. The number of aromatic nitrogens is 2. The van der Waals surface area contributed by atoms with E-state index in [0.29, 0.717) is 29.4 Å². The Morgan fingerprint density at radius 2 is 1.97 bits per heavy atom. The Balaban J connectivity index is 1.58. The van der Waals surface area contributed by atoms with E-state index < -0.39 is 17.5 Å². The molecule has 4 rings (SSSR count). The van der Waals surface area contributed by atoms with Crippen LogP contribution >= 0.6 is 9.24 Å². The molecule has 0 bridgehead atoms. The fourth-order valence-corrected chi connectivity index (χ4v) is 6.02. The Kier molecular flexibility index (Phi) is 9.59. The minimum absolute atomic E-state index is 0.0508. The van der Waals surface area contributed by atoms with Crippen molar-refractivity contribution in [2.24, 2.45) is 17.6 Å². The summed E-state index contributed by atoms with van der Waals surface area (Å²) in [6, 6.07) is 7.09. The second-order valence-corrected chi connectivity index (χ2v) is 10.7. The Morgan fingerprint density at radius 1 is 1.18 bits per heavy atom. The van der Waals surface area contributed by atoms with E-state index in [1.54, 1.807) is 18.5 Å². The van der Waals surface area contributed by atoms with E-state index in [1.807, 2.05) is 6.07 Å². The standard InChI is InChI=1S/C29H35F2N4O3P/c1-4-19-16(2)11-17(12-23(19)32)20-7-8-33-15-25(20)35-29(36)24-6-5-21(30)28(34-24)27-22(31)13-18(14-26(27)39)38-10-9-37-3/h5-8,13-17,19,23H,4,9-12,32,39H2,1-3H3,(H,35,36)/t16-,17+,19?,23+/m0/s1. The van der Waals surface area contributed by atoms with Crippen LogP contribution in [-0.2, 0) is 4.74 Å². The summed E-state index contributed by atoms with van der Waals surface area (Å²) < 4.78 is 40.4. The molecule has 1 aliphatic rings. The predicted octanol–water partition coefficient (Wildman–Crippen LogP) is 5.07. The SMILES string of the molecule is CCC1[C@H](N)C[C@H](c2ccncc2NC(=O)c2ccc(F)c(-c3c(F)cc(OCCOC)cc3P)n2)C[C@@H]1C. The molecular formula is C29H35F2N4O3P. The number of nitrogens with two attached hydrogens (primary N) is 1. The number of nitrogens with zero attached hydrogens (tertiary/aromatic N) is 2. The van der Waals surface area contributed by atoms with E-state index in [-0.39, 0.29) is 41.3 Å². The van der Waals surface area contributed by atoms with Gasteiger partial charge in [0.25, 0.3) is 5.91 Å². The fraction of sp³-hybridized carbons (Fsp3) is 0.414. The Bertz CT molecular complexity index is 1290. The summed E-state index contributed by atoms with van der Waals surface area (Å²) in [6.45, 7) is 4.97. The van der Waals surface area contributed by atoms with Crippen molar-refractivity contribution in [3.05, 3.63) is 65.6 Å². The summed E-state index contributed by atoms with van der Waals surface area (Å²) in [5.41, 5.74) is 7.64. The second kappa shape index (κ2) is 12.9. The molecule has 2 unspecified atom stereocenters. The lowest BCUT2D eigenvalue weighted by atomic mass is 9.69. The summed E-state index contributed by atoms with van der Waals surface area (Å²) >= 11 is 0. The van der Waals surface area contributed by atoms with Gasteiger partial charge in [-0.3, -0.25) is 9.78 Å². The van der Waals surface area contributed by atoms with Crippen molar-refractivity contribution < 1.29 is 23.0 Å². The summed E-state index contributed by atoms with van der Waals surface area (Å²) in [4.78, 5) is 21.7. The third-order valence-corrected chi connectivity index (χ3v) is 7.93. The van der Waals surface area contributed by atoms with Crippen molar-refractivity contribution in [2.45, 2.75) is 45.1 Å². The quantitative estimate of drug-likeness (QED) is 0.282. The maximum atomic E-state index is 15.1. The monoisotopic (exact) mass is 556 g/mol. The molecule has 1 aromatic carbocycles. The van der Waals surface area contributed by atoms with Crippen molar-refractivity contribution in [1.29, 1.82) is 0 Å². The Labute approximate surface area is 230 Å². The molecule has 3 N–H and O–H groups in total. The number of halogens is 2. The number of anilines is 1. The summed E-state index contributed by atoms with van der Waals surface area (Å²) in [5.74, 6) is -0.646. The maximum absolute atomic E-state index is 15.1. The highest BCUT2D eigenvalue weighted by Gasteiger charge is 2.34. The lowest BCUT2D eigenvalue weighted by molar-refractivity contribution is 0.102. The predicted molar refractivity (Wildman–Crippen MR) is 151 cm³/mol. The molecule has 1 aliphatic carbocycles. The number of benzene rings is 1. The molecule has 39 heavy (non-hydrogen) atoms. The first kappa shape index (κ1) is 29.0. The van der Waals surface area contributed by atoms with E-state index in [0.717, 1.165) is 37.0 Å². The van der Waals surface area contributed by atoms with Crippen LogP contribution in [-0.4, -0.2) is 42.2 Å². The minimum atomic E-state index is -0.750. The lowest BCUT2D eigenvalue weighted by Gasteiger charge is -2.39. The molecule has 3 aromatic rings. The third kappa shape index (κ3) is 6.60. The number of pyridine rings is 2. The molecule has 2 aromatic heterocycles. The van der Waals surface area contributed by atoms with E-state index in [9.17, 15) is 9.18 Å². The highest BCUT2D eigenvalue weighted by atomic mass is 31.0. The van der Waals surface area contributed by atoms with Crippen molar-refractivity contribution in [3.63, 3.8) is 0 Å². The van der Waals surface area contributed by atoms with Gasteiger partial charge >= 0.3 is 0 Å². The number of amides is 1. The van der Waals surface area contributed by atoms with E-state index in [4.69, 9.17) is 15.2 Å². The highest BCUT2D eigenvalue weighted by Crippen LogP contribution is 2.42. The van der Waals surface area contributed by atoms with Gasteiger partial charge in [0.1, 0.15) is 35.4 Å². The number of carbonyl (C=O) groups excluding carboxylic acids is 1. The van der Waals surface area contributed by atoms with Crippen molar-refractivity contribution in [1.82, 2.24) is 9.97 Å². The lowest BCUT2D eigenvalue weighted by Crippen LogP contribution is -2.40. The van der Waals surface area contributed by atoms with Crippen molar-refractivity contribution in [2.75, 3.05) is 25.6 Å². The van der Waals surface area contributed by atoms with Crippen molar-refractivity contribution >= 4 is 26.1 Å². The van der Waals surface area contributed by atoms with Gasteiger partial charge in [-0.15, -0.1) is 9.24 Å². The summed E-state index contributed by atoms with van der Waals surface area (Å²) in [7, 11) is 3.91. The molecule has 208 valence electrons. The molecule has 1 fully saturated rings. The summed E-state index contributed by atoms with van der Waals surface area (Å²) in [6.07, 6.45) is 6.11. The number of carbonyl (C=O) groups is 1. The zero-order valence-corrected chi connectivity index (χ0v) is 23.6. The van der Waals surface area contributed by atoms with Crippen LogP contribution in [0.5, 0.6) is 5.75 Å². The largest absolute Gasteiger partial charge is 0.491 e. The van der Waals surface area contributed by atoms with Gasteiger partial charge in [0.2, 0.25) is 0 Å². The minimum Gasteiger partial charge on any atom is -0.491 e. The average Bonchev–Trinajstić information content (AvgIpc) is 2.89. The zero-order chi connectivity index (χ0) is 28.1. The number of methoxy groups -OCH3 is 1. The van der Waals surface area contributed by atoms with E-state index in [2.05, 4.69) is 38.4 Å². The van der Waals surface area contributed by atoms with Gasteiger partial charge in [-0.05, 0) is 65.7 Å². The van der Waals surface area contributed by atoms with Crippen LogP contribution in [0.1, 0.15) is 55.1 Å². The number of ether oxygens (including phenoxy) is 2. The van der Waals surface area contributed by atoms with Crippen LogP contribution in [0, 0.1) is 23.5 Å². The molecule has 2 heterocycles. The molecule has 5 atom stereocenters. The molecule has 0 spiro atoms. The van der Waals surface area contributed by atoms with E-state index in [1.165, 1.54) is 13.2 Å². The Morgan fingerprint density at radius 3 is 2.67 bits per heavy atom. The number of nitrogens with one attached hydrogen (secondary N) is 1. The molecule has 7 nitrogen and oxygen atoms in total. The van der Waals surface area contributed by atoms with Gasteiger partial charge in [-0.2, -0.15) is 0 Å². The van der Waals surface area contributed by atoms with Gasteiger partial charge < -0.3 is 20.5 Å². The molecule has 0 radical (unpaired) electrons. The van der Waals surface area contributed by atoms with Crippen LogP contribution in [0.3, 0.4) is 0 Å². The Hall–Kier alpha value is -3.00. The van der Waals surface area contributed by atoms with Crippen molar-refractivity contribution in [3.8, 4) is 17.0 Å². The topological polar surface area (TPSA) is 99.4 Å². The van der Waals surface area contributed by atoms with Crippen LogP contribution in [0.15, 0.2) is 42.7 Å².